The first-order valence-corrected chi connectivity index (χ1v) is 6.35. The lowest BCUT2D eigenvalue weighted by Crippen LogP contribution is -2.45. The Morgan fingerprint density at radius 3 is 2.53 bits per heavy atom. The Morgan fingerprint density at radius 2 is 2.05 bits per heavy atom. The Morgan fingerprint density at radius 1 is 1.26 bits per heavy atom. The smallest absolute Gasteiger partial charge is 0.364 e. The van der Waals surface area contributed by atoms with Crippen molar-refractivity contribution >= 4 is 5.82 Å². The molecule has 1 aliphatic carbocycles. The Kier molecular flexibility index (Phi) is 2.88. The molecule has 0 aromatic carbocycles. The van der Waals surface area contributed by atoms with E-state index in [1.54, 1.807) is 0 Å². The Labute approximate surface area is 108 Å². The molecule has 1 saturated carbocycles. The third-order valence-electron chi connectivity index (χ3n) is 4.06. The summed E-state index contributed by atoms with van der Waals surface area (Å²) in [6.07, 6.45) is -0.368. The molecule has 0 radical (unpaired) electrons. The summed E-state index contributed by atoms with van der Waals surface area (Å²) in [7, 11) is 0. The van der Waals surface area contributed by atoms with E-state index in [4.69, 9.17) is 0 Å². The van der Waals surface area contributed by atoms with Gasteiger partial charge in [0.15, 0.2) is 5.69 Å². The molecule has 1 aliphatic heterocycles. The van der Waals surface area contributed by atoms with E-state index in [9.17, 15) is 13.2 Å². The van der Waals surface area contributed by atoms with E-state index in [2.05, 4.69) is 27.5 Å². The molecule has 104 valence electrons. The molecule has 3 rings (SSSR count). The van der Waals surface area contributed by atoms with Crippen LogP contribution in [0.3, 0.4) is 0 Å². The van der Waals surface area contributed by atoms with Crippen LogP contribution >= 0.6 is 0 Å². The summed E-state index contributed by atoms with van der Waals surface area (Å²) in [5.41, 5.74) is -0.960. The first-order valence-electron chi connectivity index (χ1n) is 6.35. The van der Waals surface area contributed by atoms with E-state index in [0.29, 0.717) is 23.8 Å². The highest BCUT2D eigenvalue weighted by Crippen LogP contribution is 2.36. The molecule has 2 heterocycles. The van der Waals surface area contributed by atoms with Gasteiger partial charge < -0.3 is 10.6 Å². The number of piperidine rings is 1. The van der Waals surface area contributed by atoms with Gasteiger partial charge in [0.05, 0.1) is 12.4 Å². The number of aromatic nitrogens is 2. The number of alkyl halides is 3. The Balaban J connectivity index is 1.65. The minimum absolute atomic E-state index is 0.229. The van der Waals surface area contributed by atoms with E-state index in [1.165, 1.54) is 0 Å². The summed E-state index contributed by atoms with van der Waals surface area (Å²) in [6, 6.07) is 1.14. The van der Waals surface area contributed by atoms with Crippen LogP contribution in [0, 0.1) is 5.92 Å². The molecule has 2 aliphatic rings. The minimum atomic E-state index is -4.44. The van der Waals surface area contributed by atoms with Gasteiger partial charge in [0.1, 0.15) is 5.82 Å². The van der Waals surface area contributed by atoms with E-state index >= 15 is 0 Å². The fourth-order valence-electron chi connectivity index (χ4n) is 3.04. The number of hydrogen-bond acceptors (Lipinski definition) is 4. The van der Waals surface area contributed by atoms with Crippen LogP contribution in [0.1, 0.15) is 25.5 Å². The molecular formula is C12H15F3N4. The highest BCUT2D eigenvalue weighted by molar-refractivity contribution is 5.34. The minimum Gasteiger partial charge on any atom is -0.364 e. The Bertz CT molecular complexity index is 457. The highest BCUT2D eigenvalue weighted by atomic mass is 19.4. The second kappa shape index (κ2) is 4.33. The summed E-state index contributed by atoms with van der Waals surface area (Å²) in [6.45, 7) is 2.17. The lowest BCUT2D eigenvalue weighted by atomic mass is 10.00. The molecule has 7 heteroatoms. The maximum atomic E-state index is 12.4. The maximum absolute atomic E-state index is 12.4. The number of halogens is 3. The van der Waals surface area contributed by atoms with E-state index < -0.39 is 11.9 Å². The van der Waals surface area contributed by atoms with Crippen LogP contribution in [0.15, 0.2) is 12.4 Å². The van der Waals surface area contributed by atoms with E-state index in [-0.39, 0.29) is 6.04 Å². The fourth-order valence-corrected chi connectivity index (χ4v) is 3.04. The lowest BCUT2D eigenvalue weighted by molar-refractivity contribution is -0.141. The van der Waals surface area contributed by atoms with Crippen molar-refractivity contribution in [1.29, 1.82) is 0 Å². The average Bonchev–Trinajstić information content (AvgIpc) is 2.87. The molecule has 0 spiro atoms. The monoisotopic (exact) mass is 272 g/mol. The van der Waals surface area contributed by atoms with Crippen molar-refractivity contribution in [1.82, 2.24) is 15.3 Å². The number of anilines is 1. The zero-order valence-electron chi connectivity index (χ0n) is 10.4. The van der Waals surface area contributed by atoms with Crippen LogP contribution in [0.5, 0.6) is 0 Å². The van der Waals surface area contributed by atoms with Crippen LogP contribution in [-0.4, -0.2) is 28.1 Å². The van der Waals surface area contributed by atoms with Crippen molar-refractivity contribution in [2.75, 3.05) is 5.32 Å². The summed E-state index contributed by atoms with van der Waals surface area (Å²) >= 11 is 0. The van der Waals surface area contributed by atoms with Crippen molar-refractivity contribution in [3.8, 4) is 0 Å². The van der Waals surface area contributed by atoms with Crippen molar-refractivity contribution in [2.45, 2.75) is 44.1 Å². The number of rotatable bonds is 2. The van der Waals surface area contributed by atoms with Crippen LogP contribution in [0.2, 0.25) is 0 Å². The molecule has 2 bridgehead atoms. The number of nitrogens with one attached hydrogen (secondary N) is 2. The predicted molar refractivity (Wildman–Crippen MR) is 63.6 cm³/mol. The van der Waals surface area contributed by atoms with Gasteiger partial charge in [-0.25, -0.2) is 9.97 Å². The molecule has 2 fully saturated rings. The molecule has 2 N–H and O–H groups in total. The van der Waals surface area contributed by atoms with Gasteiger partial charge in [-0.1, -0.05) is 0 Å². The first-order chi connectivity index (χ1) is 8.93. The van der Waals surface area contributed by atoms with Crippen LogP contribution in [-0.2, 0) is 6.18 Å². The molecule has 3 unspecified atom stereocenters. The number of hydrogen-bond donors (Lipinski definition) is 2. The largest absolute Gasteiger partial charge is 0.434 e. The SMILES string of the molecule is CC1N[C@H]2CC1CC2Nc1cnc(C(F)(F)F)cn1. The van der Waals surface area contributed by atoms with Gasteiger partial charge in [-0.3, -0.25) is 0 Å². The molecule has 1 aromatic rings. The maximum Gasteiger partial charge on any atom is 0.434 e. The quantitative estimate of drug-likeness (QED) is 0.865. The molecule has 19 heavy (non-hydrogen) atoms. The predicted octanol–water partition coefficient (Wildman–Crippen LogP) is 2.05. The van der Waals surface area contributed by atoms with Gasteiger partial charge >= 0.3 is 6.18 Å². The zero-order valence-corrected chi connectivity index (χ0v) is 10.4. The van der Waals surface area contributed by atoms with Gasteiger partial charge in [-0.05, 0) is 25.7 Å². The van der Waals surface area contributed by atoms with Crippen LogP contribution < -0.4 is 10.6 Å². The number of fused-ring (bicyclic) bond motifs is 2. The van der Waals surface area contributed by atoms with Crippen LogP contribution in [0.25, 0.3) is 0 Å². The summed E-state index contributed by atoms with van der Waals surface area (Å²) in [5.74, 6) is 1.05. The van der Waals surface area contributed by atoms with Crippen molar-refractivity contribution in [3.05, 3.63) is 18.1 Å². The summed E-state index contributed by atoms with van der Waals surface area (Å²) < 4.78 is 37.1. The summed E-state index contributed by atoms with van der Waals surface area (Å²) in [4.78, 5) is 7.19. The molecule has 4 nitrogen and oxygen atoms in total. The van der Waals surface area contributed by atoms with Gasteiger partial charge in [-0.15, -0.1) is 0 Å². The standard InChI is InChI=1S/C12H15F3N4/c1-6-7-2-8(18-6)9(3-7)19-11-5-16-10(4-17-11)12(13,14)15/h4-9,18H,2-3H2,1H3,(H,17,19)/t6?,7?,8-,9?/m0/s1. The van der Waals surface area contributed by atoms with Gasteiger partial charge in [0, 0.05) is 18.1 Å². The topological polar surface area (TPSA) is 49.8 Å². The van der Waals surface area contributed by atoms with Gasteiger partial charge in [0.25, 0.3) is 0 Å². The molecule has 1 saturated heterocycles. The second-order valence-electron chi connectivity index (χ2n) is 5.33. The first kappa shape index (κ1) is 12.7. The van der Waals surface area contributed by atoms with Crippen molar-refractivity contribution in [3.63, 3.8) is 0 Å². The highest BCUT2D eigenvalue weighted by Gasteiger charge is 2.43. The molecule has 1 aromatic heterocycles. The molecule has 0 amide bonds. The van der Waals surface area contributed by atoms with Crippen molar-refractivity contribution in [2.24, 2.45) is 5.92 Å². The fraction of sp³-hybridized carbons (Fsp3) is 0.667. The zero-order chi connectivity index (χ0) is 13.6. The average molecular weight is 272 g/mol. The normalized spacial score (nSPS) is 33.7. The Hall–Kier alpha value is -1.37. The molecular weight excluding hydrogens is 257 g/mol. The summed E-state index contributed by atoms with van der Waals surface area (Å²) in [5, 5.41) is 6.64. The van der Waals surface area contributed by atoms with Crippen LogP contribution in [0.4, 0.5) is 19.0 Å². The van der Waals surface area contributed by atoms with E-state index in [1.807, 2.05) is 0 Å². The second-order valence-corrected chi connectivity index (χ2v) is 5.33. The van der Waals surface area contributed by atoms with Crippen molar-refractivity contribution < 1.29 is 13.2 Å². The third-order valence-corrected chi connectivity index (χ3v) is 4.06. The number of nitrogens with zero attached hydrogens (tertiary/aromatic N) is 2. The van der Waals surface area contributed by atoms with Gasteiger partial charge in [-0.2, -0.15) is 13.2 Å². The van der Waals surface area contributed by atoms with E-state index in [0.717, 1.165) is 25.2 Å². The lowest BCUT2D eigenvalue weighted by Gasteiger charge is -2.28. The molecule has 4 atom stereocenters. The van der Waals surface area contributed by atoms with Gasteiger partial charge in [0.2, 0.25) is 0 Å². The third kappa shape index (κ3) is 2.39.